The number of carbonyl (C=O) groups excluding carboxylic acids is 6. The van der Waals surface area contributed by atoms with Crippen LogP contribution >= 0.6 is 23.2 Å². The molecular formula is C51H45Cl2FN8O6. The molecular weight excluding hydrogens is 911 g/mol. The van der Waals surface area contributed by atoms with Crippen molar-refractivity contribution in [3.05, 3.63) is 146 Å². The smallest absolute Gasteiger partial charge is 0.255 e. The predicted octanol–water partition coefficient (Wildman–Crippen LogP) is 6.60. The molecule has 5 N–H and O–H groups in total. The SMILES string of the molecule is O=C1CCC(N2Cc3c(C#Cc4cncn4CCCNC(=O)c4ccc(NC(=O)[C@@H]5NC6(CCCCC6)[C@@]6(C(=O)Nc7cc(Cl)ccc76)[C@H]5c5cccc(Cl)c5F)cc4)cccc3C2=O)C(=O)N1. The number of aromatic nitrogens is 2. The number of imidazole rings is 1. The standard InChI is InChI=1S/C51H45Cl2FN8O6/c52-31-14-18-37-39(25-31)58-49(68)51(37)42(35-9-5-10-38(53)43(35)54)44(60-50(51)21-2-1-3-22-50)47(66)57-32-15-11-30(12-16-32)45(64)56-23-6-24-61-28-55-26-33(61)17-13-29-7-4-8-34-36(29)27-62(48(34)67)40-19-20-41(63)59-46(40)65/h4-5,7-12,14-16,18,25-26,28,40,42,44,60H,1-3,6,19-24,27H2,(H,56,64)(H,57,66)(H,58,68)(H,59,63,65)/t40?,42-,44+,51+/m0/s1. The number of amides is 6. The fraction of sp³-hybridized carbons (Fsp3) is 0.314. The lowest BCUT2D eigenvalue weighted by Gasteiger charge is -2.47. The minimum Gasteiger partial charge on any atom is -0.352 e. The number of benzene rings is 4. The van der Waals surface area contributed by atoms with Gasteiger partial charge in [0.25, 0.3) is 11.8 Å². The van der Waals surface area contributed by atoms with Crippen molar-refractivity contribution in [3.63, 3.8) is 0 Å². The second-order valence-corrected chi connectivity index (χ2v) is 18.8. The van der Waals surface area contributed by atoms with Gasteiger partial charge < -0.3 is 25.4 Å². The van der Waals surface area contributed by atoms with Crippen molar-refractivity contribution in [2.45, 2.75) is 93.4 Å². The van der Waals surface area contributed by atoms with Crippen LogP contribution in [0.2, 0.25) is 10.0 Å². The van der Waals surface area contributed by atoms with Gasteiger partial charge in [-0.25, -0.2) is 9.37 Å². The molecule has 1 aliphatic carbocycles. The molecule has 1 saturated carbocycles. The van der Waals surface area contributed by atoms with Gasteiger partial charge in [-0.05, 0) is 103 Å². The Bertz CT molecular complexity index is 3000. The van der Waals surface area contributed by atoms with Crippen molar-refractivity contribution in [1.29, 1.82) is 0 Å². The number of imide groups is 1. The number of rotatable bonds is 9. The summed E-state index contributed by atoms with van der Waals surface area (Å²) in [5, 5.41) is 15.2. The maximum atomic E-state index is 16.3. The molecule has 0 radical (unpaired) electrons. The van der Waals surface area contributed by atoms with E-state index in [2.05, 4.69) is 43.4 Å². The summed E-state index contributed by atoms with van der Waals surface area (Å²) in [7, 11) is 0. The van der Waals surface area contributed by atoms with Crippen LogP contribution in [0.15, 0.2) is 91.4 Å². The number of fused-ring (bicyclic) bond motifs is 4. The van der Waals surface area contributed by atoms with Crippen molar-refractivity contribution in [2.75, 3.05) is 17.2 Å². The second-order valence-electron chi connectivity index (χ2n) is 18.0. The fourth-order valence-corrected chi connectivity index (χ4v) is 11.5. The third-order valence-corrected chi connectivity index (χ3v) is 14.7. The normalized spacial score (nSPS) is 22.3. The van der Waals surface area contributed by atoms with E-state index in [9.17, 15) is 28.8 Å². The highest BCUT2D eigenvalue weighted by atomic mass is 35.5. The lowest BCUT2D eigenvalue weighted by atomic mass is 9.55. The highest BCUT2D eigenvalue weighted by Crippen LogP contribution is 2.63. The number of anilines is 2. The number of piperidine rings is 1. The molecule has 1 aromatic heterocycles. The van der Waals surface area contributed by atoms with Crippen LogP contribution in [0.5, 0.6) is 0 Å². The number of nitrogens with one attached hydrogen (secondary N) is 5. The minimum atomic E-state index is -1.37. The van der Waals surface area contributed by atoms with Crippen molar-refractivity contribution >= 4 is 70.0 Å². The molecule has 1 unspecified atom stereocenters. The average molecular weight is 956 g/mol. The zero-order valence-corrected chi connectivity index (χ0v) is 38.1. The summed E-state index contributed by atoms with van der Waals surface area (Å²) in [6, 6.07) is 19.9. The predicted molar refractivity (Wildman–Crippen MR) is 251 cm³/mol. The van der Waals surface area contributed by atoms with Gasteiger partial charge in [0.1, 0.15) is 23.0 Å². The van der Waals surface area contributed by atoms with Crippen molar-refractivity contribution < 1.29 is 33.2 Å². The molecule has 6 amide bonds. The third kappa shape index (κ3) is 7.70. The van der Waals surface area contributed by atoms with Crippen LogP contribution in [-0.4, -0.2) is 74.1 Å². The van der Waals surface area contributed by atoms with Crippen molar-refractivity contribution in [3.8, 4) is 11.8 Å². The molecule has 2 spiro atoms. The maximum absolute atomic E-state index is 16.3. The molecule has 68 heavy (non-hydrogen) atoms. The van der Waals surface area contributed by atoms with Crippen LogP contribution in [0.25, 0.3) is 0 Å². The number of carbonyl (C=O) groups is 6. The van der Waals surface area contributed by atoms with Gasteiger partial charge in [0, 0.05) is 70.6 Å². The molecule has 346 valence electrons. The molecule has 4 aromatic carbocycles. The van der Waals surface area contributed by atoms with Gasteiger partial charge in [0.05, 0.1) is 23.6 Å². The van der Waals surface area contributed by atoms with E-state index in [1.165, 1.54) is 11.0 Å². The lowest BCUT2D eigenvalue weighted by Crippen LogP contribution is -2.60. The number of halogens is 3. The van der Waals surface area contributed by atoms with E-state index in [1.54, 1.807) is 73.2 Å². The van der Waals surface area contributed by atoms with Crippen LogP contribution in [0.1, 0.15) is 106 Å². The van der Waals surface area contributed by atoms with Gasteiger partial charge in [-0.2, -0.15) is 0 Å². The van der Waals surface area contributed by atoms with Crippen LogP contribution < -0.4 is 26.6 Å². The van der Waals surface area contributed by atoms with E-state index in [0.717, 1.165) is 24.8 Å². The molecule has 2 saturated heterocycles. The number of hydrogen-bond acceptors (Lipinski definition) is 8. The average Bonchev–Trinajstić information content (AvgIpc) is 4.07. The summed E-state index contributed by atoms with van der Waals surface area (Å²) < 4.78 is 18.2. The van der Waals surface area contributed by atoms with Crippen LogP contribution in [-0.2, 0) is 37.7 Å². The first kappa shape index (κ1) is 44.9. The topological polar surface area (TPSA) is 184 Å². The zero-order chi connectivity index (χ0) is 47.3. The van der Waals surface area contributed by atoms with E-state index in [1.807, 2.05) is 16.7 Å². The Morgan fingerprint density at radius 2 is 1.72 bits per heavy atom. The van der Waals surface area contributed by atoms with E-state index < -0.39 is 46.6 Å². The molecule has 5 aliphatic rings. The first-order chi connectivity index (χ1) is 32.9. The van der Waals surface area contributed by atoms with E-state index in [4.69, 9.17) is 23.2 Å². The summed E-state index contributed by atoms with van der Waals surface area (Å²) in [5.41, 5.74) is 2.37. The minimum absolute atomic E-state index is 0.114. The Morgan fingerprint density at radius 3 is 2.51 bits per heavy atom. The second kappa shape index (κ2) is 18.0. The maximum Gasteiger partial charge on any atom is 0.255 e. The van der Waals surface area contributed by atoms with Gasteiger partial charge in [-0.3, -0.25) is 39.4 Å². The van der Waals surface area contributed by atoms with Gasteiger partial charge in [0.2, 0.25) is 23.6 Å². The molecule has 17 heteroatoms. The Kier molecular flexibility index (Phi) is 11.9. The monoisotopic (exact) mass is 954 g/mol. The van der Waals surface area contributed by atoms with Gasteiger partial charge >= 0.3 is 0 Å². The number of nitrogens with zero attached hydrogens (tertiary/aromatic N) is 3. The van der Waals surface area contributed by atoms with Gasteiger partial charge in [0.15, 0.2) is 0 Å². The summed E-state index contributed by atoms with van der Waals surface area (Å²) >= 11 is 12.8. The Labute approximate surface area is 400 Å². The zero-order valence-electron chi connectivity index (χ0n) is 36.6. The van der Waals surface area contributed by atoms with Crippen molar-refractivity contribution in [1.82, 2.24) is 30.4 Å². The third-order valence-electron chi connectivity index (χ3n) is 14.2. The van der Waals surface area contributed by atoms with Crippen LogP contribution in [0.3, 0.4) is 0 Å². The molecule has 4 atom stereocenters. The summed E-state index contributed by atoms with van der Waals surface area (Å²) in [4.78, 5) is 85.7. The lowest BCUT2D eigenvalue weighted by molar-refractivity contribution is -0.137. The highest BCUT2D eigenvalue weighted by Gasteiger charge is 2.72. The van der Waals surface area contributed by atoms with Gasteiger partial charge in [-0.15, -0.1) is 0 Å². The van der Waals surface area contributed by atoms with E-state index >= 15 is 4.39 Å². The Hall–Kier alpha value is -6.86. The number of aryl methyl sites for hydroxylation is 1. The first-order valence-corrected chi connectivity index (χ1v) is 23.4. The van der Waals surface area contributed by atoms with Crippen LogP contribution in [0, 0.1) is 17.7 Å². The Balaban J connectivity index is 0.795. The quantitative estimate of drug-likeness (QED) is 0.0623. The molecule has 3 fully saturated rings. The van der Waals surface area contributed by atoms with Gasteiger partial charge in [-0.1, -0.05) is 72.7 Å². The molecule has 5 heterocycles. The molecule has 4 aliphatic heterocycles. The first-order valence-electron chi connectivity index (χ1n) is 22.7. The summed E-state index contributed by atoms with van der Waals surface area (Å²) in [6.07, 6.45) is 8.05. The van der Waals surface area contributed by atoms with E-state index in [-0.39, 0.29) is 53.6 Å². The van der Waals surface area contributed by atoms with Crippen molar-refractivity contribution in [2.24, 2.45) is 0 Å². The largest absolute Gasteiger partial charge is 0.352 e. The molecule has 10 rings (SSSR count). The fourth-order valence-electron chi connectivity index (χ4n) is 11.1. The van der Waals surface area contributed by atoms with E-state index in [0.29, 0.717) is 76.7 Å². The molecule has 0 bridgehead atoms. The molecule has 5 aromatic rings. The Morgan fingerprint density at radius 1 is 0.926 bits per heavy atom. The summed E-state index contributed by atoms with van der Waals surface area (Å²) in [6.45, 7) is 1.05. The number of hydrogen-bond donors (Lipinski definition) is 5. The highest BCUT2D eigenvalue weighted by molar-refractivity contribution is 6.31. The molecule has 14 nitrogen and oxygen atoms in total. The van der Waals surface area contributed by atoms with Crippen LogP contribution in [0.4, 0.5) is 15.8 Å². The summed E-state index contributed by atoms with van der Waals surface area (Å²) in [5.74, 6) is 2.45.